The lowest BCUT2D eigenvalue weighted by Gasteiger charge is -2.36. The number of hydrogen-bond acceptors (Lipinski definition) is 3. The molecule has 26 heavy (non-hydrogen) atoms. The van der Waals surface area contributed by atoms with Crippen molar-refractivity contribution in [3.8, 4) is 0 Å². The number of pyridine rings is 1. The molecule has 1 aliphatic carbocycles. The Morgan fingerprint density at radius 3 is 2.54 bits per heavy atom. The predicted molar refractivity (Wildman–Crippen MR) is 105 cm³/mol. The zero-order valence-corrected chi connectivity index (χ0v) is 16.2. The predicted octanol–water partition coefficient (Wildman–Crippen LogP) is 3.66. The second-order valence-corrected chi connectivity index (χ2v) is 7.88. The molecule has 0 aromatic carbocycles. The maximum atomic E-state index is 12.6. The summed E-state index contributed by atoms with van der Waals surface area (Å²) in [6, 6.07) is 4.87. The fraction of sp³-hybridized carbons (Fsp3) is 0.714. The van der Waals surface area contributed by atoms with E-state index in [0.717, 1.165) is 31.1 Å². The SMILES string of the molecule is CCCN(Cc1ccncc1)C(=O)NCC1CCN(C2CCCC2)CC1. The molecular weight excluding hydrogens is 324 g/mol. The minimum absolute atomic E-state index is 0.0712. The van der Waals surface area contributed by atoms with Gasteiger partial charge in [-0.1, -0.05) is 19.8 Å². The number of urea groups is 1. The summed E-state index contributed by atoms with van der Waals surface area (Å²) in [7, 11) is 0. The van der Waals surface area contributed by atoms with Gasteiger partial charge in [0.25, 0.3) is 0 Å². The van der Waals surface area contributed by atoms with Crippen molar-refractivity contribution in [3.05, 3.63) is 30.1 Å². The van der Waals surface area contributed by atoms with Crippen molar-refractivity contribution in [2.75, 3.05) is 26.2 Å². The number of aromatic nitrogens is 1. The summed E-state index contributed by atoms with van der Waals surface area (Å²) in [6.45, 7) is 6.79. The van der Waals surface area contributed by atoms with Crippen LogP contribution in [0.1, 0.15) is 57.4 Å². The Labute approximate surface area is 158 Å². The molecule has 1 saturated carbocycles. The molecule has 1 N–H and O–H groups in total. The summed E-state index contributed by atoms with van der Waals surface area (Å²) in [5, 5.41) is 3.19. The van der Waals surface area contributed by atoms with Gasteiger partial charge in [-0.25, -0.2) is 4.79 Å². The molecule has 0 atom stereocenters. The van der Waals surface area contributed by atoms with Crippen LogP contribution in [0.3, 0.4) is 0 Å². The number of piperidine rings is 1. The number of carbonyl (C=O) groups excluding carboxylic acids is 1. The standard InChI is InChI=1S/C21H34N4O/c1-2-13-25(17-19-7-11-22-12-8-19)21(26)23-16-18-9-14-24(15-10-18)20-5-3-4-6-20/h7-8,11-12,18,20H,2-6,9-10,13-17H2,1H3,(H,23,26). The third kappa shape index (κ3) is 5.44. The van der Waals surface area contributed by atoms with Crippen molar-refractivity contribution in [1.82, 2.24) is 20.1 Å². The molecule has 5 nitrogen and oxygen atoms in total. The van der Waals surface area contributed by atoms with Crippen molar-refractivity contribution < 1.29 is 4.79 Å². The summed E-state index contributed by atoms with van der Waals surface area (Å²) >= 11 is 0. The van der Waals surface area contributed by atoms with Crippen molar-refractivity contribution in [3.63, 3.8) is 0 Å². The molecule has 0 spiro atoms. The third-order valence-corrected chi connectivity index (χ3v) is 5.94. The maximum Gasteiger partial charge on any atom is 0.317 e. The molecule has 2 fully saturated rings. The van der Waals surface area contributed by atoms with Crippen molar-refractivity contribution in [2.24, 2.45) is 5.92 Å². The quantitative estimate of drug-likeness (QED) is 0.809. The molecule has 3 rings (SSSR count). The second kappa shape index (κ2) is 9.91. The summed E-state index contributed by atoms with van der Waals surface area (Å²) in [4.78, 5) is 21.3. The van der Waals surface area contributed by atoms with E-state index in [-0.39, 0.29) is 6.03 Å². The number of rotatable bonds is 7. The highest BCUT2D eigenvalue weighted by Gasteiger charge is 2.27. The first-order valence-corrected chi connectivity index (χ1v) is 10.4. The van der Waals surface area contributed by atoms with Crippen LogP contribution < -0.4 is 5.32 Å². The zero-order valence-electron chi connectivity index (χ0n) is 16.2. The van der Waals surface area contributed by atoms with Crippen LogP contribution in [0, 0.1) is 5.92 Å². The van der Waals surface area contributed by atoms with E-state index in [9.17, 15) is 4.79 Å². The van der Waals surface area contributed by atoms with E-state index < -0.39 is 0 Å². The Morgan fingerprint density at radius 2 is 1.88 bits per heavy atom. The Hall–Kier alpha value is -1.62. The Balaban J connectivity index is 1.41. The Bertz CT molecular complexity index is 536. The van der Waals surface area contributed by atoms with Crippen LogP contribution in [-0.2, 0) is 6.54 Å². The fourth-order valence-electron chi connectivity index (χ4n) is 4.37. The molecule has 0 bridgehead atoms. The fourth-order valence-corrected chi connectivity index (χ4v) is 4.37. The van der Waals surface area contributed by atoms with E-state index in [4.69, 9.17) is 0 Å². The van der Waals surface area contributed by atoms with E-state index in [2.05, 4.69) is 22.1 Å². The molecule has 0 unspecified atom stereocenters. The molecule has 2 heterocycles. The van der Waals surface area contributed by atoms with Crippen LogP contribution in [0.15, 0.2) is 24.5 Å². The van der Waals surface area contributed by atoms with Gasteiger partial charge in [0, 0.05) is 38.1 Å². The normalized spacial score (nSPS) is 19.6. The van der Waals surface area contributed by atoms with Gasteiger partial charge in [0.15, 0.2) is 0 Å². The first kappa shape index (κ1) is 19.2. The summed E-state index contributed by atoms with van der Waals surface area (Å²) in [5.74, 6) is 0.626. The monoisotopic (exact) mass is 358 g/mol. The van der Waals surface area contributed by atoms with Crippen LogP contribution in [0.4, 0.5) is 4.79 Å². The smallest absolute Gasteiger partial charge is 0.317 e. The molecule has 5 heteroatoms. The van der Waals surface area contributed by atoms with Gasteiger partial charge in [-0.05, 0) is 68.8 Å². The molecule has 2 amide bonds. The van der Waals surface area contributed by atoms with E-state index >= 15 is 0 Å². The molecular formula is C21H34N4O. The maximum absolute atomic E-state index is 12.6. The molecule has 2 aliphatic rings. The van der Waals surface area contributed by atoms with E-state index in [1.165, 1.54) is 51.6 Å². The molecule has 0 radical (unpaired) electrons. The van der Waals surface area contributed by atoms with Gasteiger partial charge in [0.05, 0.1) is 0 Å². The minimum atomic E-state index is 0.0712. The summed E-state index contributed by atoms with van der Waals surface area (Å²) < 4.78 is 0. The van der Waals surface area contributed by atoms with Crippen molar-refractivity contribution >= 4 is 6.03 Å². The van der Waals surface area contributed by atoms with Crippen molar-refractivity contribution in [2.45, 2.75) is 64.5 Å². The molecule has 1 aromatic heterocycles. The molecule has 1 aromatic rings. The van der Waals surface area contributed by atoms with Crippen LogP contribution in [0.5, 0.6) is 0 Å². The lowest BCUT2D eigenvalue weighted by Crippen LogP contribution is -2.45. The van der Waals surface area contributed by atoms with E-state index in [0.29, 0.717) is 12.5 Å². The summed E-state index contributed by atoms with van der Waals surface area (Å²) in [6.07, 6.45) is 12.6. The Kier molecular flexibility index (Phi) is 7.30. The highest BCUT2D eigenvalue weighted by molar-refractivity contribution is 5.74. The number of nitrogens with one attached hydrogen (secondary N) is 1. The number of nitrogens with zero attached hydrogens (tertiary/aromatic N) is 3. The first-order valence-electron chi connectivity index (χ1n) is 10.4. The van der Waals surface area contributed by atoms with Gasteiger partial charge in [-0.2, -0.15) is 0 Å². The lowest BCUT2D eigenvalue weighted by molar-refractivity contribution is 0.132. The number of hydrogen-bond donors (Lipinski definition) is 1. The second-order valence-electron chi connectivity index (χ2n) is 7.88. The molecule has 144 valence electrons. The van der Waals surface area contributed by atoms with Gasteiger partial charge in [-0.15, -0.1) is 0 Å². The van der Waals surface area contributed by atoms with Gasteiger partial charge >= 0.3 is 6.03 Å². The minimum Gasteiger partial charge on any atom is -0.338 e. The van der Waals surface area contributed by atoms with Crippen LogP contribution in [0.2, 0.25) is 0 Å². The largest absolute Gasteiger partial charge is 0.338 e. The first-order chi connectivity index (χ1) is 12.8. The zero-order chi connectivity index (χ0) is 18.2. The number of carbonyl (C=O) groups is 1. The average Bonchev–Trinajstić information content (AvgIpc) is 3.22. The lowest BCUT2D eigenvalue weighted by atomic mass is 9.95. The van der Waals surface area contributed by atoms with Gasteiger partial charge in [0.2, 0.25) is 0 Å². The van der Waals surface area contributed by atoms with Crippen LogP contribution in [0.25, 0.3) is 0 Å². The summed E-state index contributed by atoms with van der Waals surface area (Å²) in [5.41, 5.74) is 1.13. The molecule has 1 aliphatic heterocycles. The van der Waals surface area contributed by atoms with Gasteiger partial charge in [0.1, 0.15) is 0 Å². The van der Waals surface area contributed by atoms with Crippen LogP contribution in [-0.4, -0.2) is 53.0 Å². The Morgan fingerprint density at radius 1 is 1.19 bits per heavy atom. The number of amides is 2. The highest BCUT2D eigenvalue weighted by Crippen LogP contribution is 2.27. The van der Waals surface area contributed by atoms with Gasteiger partial charge < -0.3 is 15.1 Å². The number of likely N-dealkylation sites (tertiary alicyclic amines) is 1. The average molecular weight is 359 g/mol. The topological polar surface area (TPSA) is 48.5 Å². The van der Waals surface area contributed by atoms with E-state index in [1.807, 2.05) is 17.0 Å². The highest BCUT2D eigenvalue weighted by atomic mass is 16.2. The third-order valence-electron chi connectivity index (χ3n) is 5.94. The van der Waals surface area contributed by atoms with Crippen molar-refractivity contribution in [1.29, 1.82) is 0 Å². The molecule has 1 saturated heterocycles. The van der Waals surface area contributed by atoms with E-state index in [1.54, 1.807) is 12.4 Å². The van der Waals surface area contributed by atoms with Crippen LogP contribution >= 0.6 is 0 Å². The van der Waals surface area contributed by atoms with Gasteiger partial charge in [-0.3, -0.25) is 4.98 Å².